The first-order chi connectivity index (χ1) is 13.1. The topological polar surface area (TPSA) is 30.5 Å². The van der Waals surface area contributed by atoms with E-state index >= 15 is 0 Å². The van der Waals surface area contributed by atoms with Gasteiger partial charge in [0, 0.05) is 17.3 Å². The van der Waals surface area contributed by atoms with Gasteiger partial charge in [-0.3, -0.25) is 0 Å². The van der Waals surface area contributed by atoms with Gasteiger partial charge < -0.3 is 14.8 Å². The molecule has 0 radical (unpaired) electrons. The van der Waals surface area contributed by atoms with Crippen LogP contribution in [0.5, 0.6) is 11.5 Å². The van der Waals surface area contributed by atoms with Crippen LogP contribution in [0.1, 0.15) is 16.7 Å². The van der Waals surface area contributed by atoms with Crippen molar-refractivity contribution in [1.29, 1.82) is 0 Å². The Morgan fingerprint density at radius 2 is 1.74 bits per heavy atom. The number of aryl methyl sites for hydroxylation is 1. The normalized spacial score (nSPS) is 10.5. The van der Waals surface area contributed by atoms with Crippen molar-refractivity contribution >= 4 is 28.9 Å². The van der Waals surface area contributed by atoms with Gasteiger partial charge in [-0.1, -0.05) is 53.5 Å². The van der Waals surface area contributed by atoms with Crippen LogP contribution in [-0.4, -0.2) is 7.11 Å². The second-order valence-electron chi connectivity index (χ2n) is 6.20. The summed E-state index contributed by atoms with van der Waals surface area (Å²) in [4.78, 5) is 0. The minimum atomic E-state index is 0.359. The van der Waals surface area contributed by atoms with Crippen molar-refractivity contribution in [1.82, 2.24) is 0 Å². The zero-order valence-corrected chi connectivity index (χ0v) is 16.8. The third-order valence-electron chi connectivity index (χ3n) is 4.19. The van der Waals surface area contributed by atoms with Crippen LogP contribution in [0.4, 0.5) is 5.69 Å². The molecule has 0 spiro atoms. The molecule has 0 aliphatic heterocycles. The predicted molar refractivity (Wildman–Crippen MR) is 112 cm³/mol. The number of anilines is 1. The number of methoxy groups -OCH3 is 1. The lowest BCUT2D eigenvalue weighted by Gasteiger charge is -2.15. The van der Waals surface area contributed by atoms with Crippen LogP contribution >= 0.6 is 23.2 Å². The molecule has 0 aromatic heterocycles. The number of benzene rings is 3. The second kappa shape index (κ2) is 9.03. The lowest BCUT2D eigenvalue weighted by Crippen LogP contribution is -2.03. The van der Waals surface area contributed by atoms with E-state index in [-0.39, 0.29) is 0 Å². The van der Waals surface area contributed by atoms with Gasteiger partial charge in [0.1, 0.15) is 6.61 Å². The molecule has 0 unspecified atom stereocenters. The first-order valence-electron chi connectivity index (χ1n) is 8.60. The number of nitrogens with one attached hydrogen (secondary N) is 1. The van der Waals surface area contributed by atoms with Gasteiger partial charge in [0.25, 0.3) is 0 Å². The molecule has 27 heavy (non-hydrogen) atoms. The zero-order valence-electron chi connectivity index (χ0n) is 15.3. The largest absolute Gasteiger partial charge is 0.493 e. The number of hydrogen-bond donors (Lipinski definition) is 1. The molecule has 3 rings (SSSR count). The lowest BCUT2D eigenvalue weighted by molar-refractivity contribution is 0.284. The fraction of sp³-hybridized carbons (Fsp3) is 0.182. The molecule has 3 aromatic carbocycles. The van der Waals surface area contributed by atoms with E-state index in [1.54, 1.807) is 7.11 Å². The van der Waals surface area contributed by atoms with Gasteiger partial charge in [-0.2, -0.15) is 0 Å². The summed E-state index contributed by atoms with van der Waals surface area (Å²) in [6.45, 7) is 3.07. The third kappa shape index (κ3) is 5.09. The molecule has 0 heterocycles. The van der Waals surface area contributed by atoms with Crippen LogP contribution < -0.4 is 14.8 Å². The molecule has 140 valence electrons. The number of hydrogen-bond acceptors (Lipinski definition) is 3. The Morgan fingerprint density at radius 3 is 2.48 bits per heavy atom. The first kappa shape index (κ1) is 19.4. The van der Waals surface area contributed by atoms with Crippen molar-refractivity contribution in [2.24, 2.45) is 0 Å². The molecular weight excluding hydrogens is 381 g/mol. The zero-order chi connectivity index (χ0) is 19.2. The number of ether oxygens (including phenoxy) is 2. The molecule has 0 amide bonds. The van der Waals surface area contributed by atoms with E-state index in [1.807, 2.05) is 48.5 Å². The van der Waals surface area contributed by atoms with E-state index in [0.717, 1.165) is 16.8 Å². The monoisotopic (exact) mass is 401 g/mol. The van der Waals surface area contributed by atoms with Crippen molar-refractivity contribution in [2.45, 2.75) is 20.1 Å². The first-order valence-corrected chi connectivity index (χ1v) is 9.35. The lowest BCUT2D eigenvalue weighted by atomic mass is 10.1. The summed E-state index contributed by atoms with van der Waals surface area (Å²) >= 11 is 12.5. The van der Waals surface area contributed by atoms with E-state index < -0.39 is 0 Å². The van der Waals surface area contributed by atoms with E-state index in [4.69, 9.17) is 32.7 Å². The number of para-hydroxylation sites is 1. The Bertz CT molecular complexity index is 928. The summed E-state index contributed by atoms with van der Waals surface area (Å²) in [6, 6.07) is 19.5. The van der Waals surface area contributed by atoms with Crippen molar-refractivity contribution in [3.05, 3.63) is 87.4 Å². The maximum atomic E-state index is 6.46. The van der Waals surface area contributed by atoms with Crippen molar-refractivity contribution < 1.29 is 9.47 Å². The highest BCUT2D eigenvalue weighted by molar-refractivity contribution is 6.32. The molecule has 1 N–H and O–H groups in total. The average molecular weight is 402 g/mol. The standard InChI is InChI=1S/C22H21Cl2NO2/c1-15-6-3-4-9-20(15)25-13-17-11-19(24)22(21(12-17)26-2)27-14-16-7-5-8-18(23)10-16/h3-12,25H,13-14H2,1-2H3. The van der Waals surface area contributed by atoms with Gasteiger partial charge in [-0.15, -0.1) is 0 Å². The van der Waals surface area contributed by atoms with E-state index in [2.05, 4.69) is 24.4 Å². The fourth-order valence-electron chi connectivity index (χ4n) is 2.77. The molecule has 0 aliphatic rings. The minimum Gasteiger partial charge on any atom is -0.493 e. The molecule has 0 fully saturated rings. The highest BCUT2D eigenvalue weighted by atomic mass is 35.5. The smallest absolute Gasteiger partial charge is 0.180 e. The Hall–Kier alpha value is -2.36. The molecule has 0 aliphatic carbocycles. The second-order valence-corrected chi connectivity index (χ2v) is 7.04. The average Bonchev–Trinajstić information content (AvgIpc) is 2.66. The molecule has 0 atom stereocenters. The van der Waals surface area contributed by atoms with Gasteiger partial charge in [-0.05, 0) is 53.9 Å². The molecule has 0 saturated heterocycles. The number of halogens is 2. The van der Waals surface area contributed by atoms with Crippen LogP contribution in [0, 0.1) is 6.92 Å². The van der Waals surface area contributed by atoms with Crippen molar-refractivity contribution in [3.63, 3.8) is 0 Å². The van der Waals surface area contributed by atoms with Gasteiger partial charge in [0.05, 0.1) is 12.1 Å². The van der Waals surface area contributed by atoms with Gasteiger partial charge >= 0.3 is 0 Å². The van der Waals surface area contributed by atoms with Gasteiger partial charge in [0.15, 0.2) is 11.5 Å². The molecule has 0 saturated carbocycles. The molecule has 0 bridgehead atoms. The summed E-state index contributed by atoms with van der Waals surface area (Å²) in [7, 11) is 1.61. The fourth-order valence-corrected chi connectivity index (χ4v) is 3.27. The molecular formula is C22H21Cl2NO2. The summed E-state index contributed by atoms with van der Waals surface area (Å²) in [5.41, 5.74) is 4.26. The van der Waals surface area contributed by atoms with E-state index in [1.165, 1.54) is 5.56 Å². The Labute approximate surface area is 169 Å². The number of rotatable bonds is 7. The molecule has 3 nitrogen and oxygen atoms in total. The SMILES string of the molecule is COc1cc(CNc2ccccc2C)cc(Cl)c1OCc1cccc(Cl)c1. The Morgan fingerprint density at radius 1 is 0.926 bits per heavy atom. The van der Waals surface area contributed by atoms with E-state index in [9.17, 15) is 0 Å². The van der Waals surface area contributed by atoms with Gasteiger partial charge in [0.2, 0.25) is 0 Å². The predicted octanol–water partition coefficient (Wildman–Crippen LogP) is 6.50. The van der Waals surface area contributed by atoms with Crippen LogP contribution in [0.25, 0.3) is 0 Å². The van der Waals surface area contributed by atoms with Gasteiger partial charge in [-0.25, -0.2) is 0 Å². The Kier molecular flexibility index (Phi) is 6.49. The molecule has 3 aromatic rings. The van der Waals surface area contributed by atoms with E-state index in [0.29, 0.717) is 34.7 Å². The highest BCUT2D eigenvalue weighted by Gasteiger charge is 2.13. The minimum absolute atomic E-state index is 0.359. The summed E-state index contributed by atoms with van der Waals surface area (Å²) in [5, 5.41) is 4.61. The van der Waals surface area contributed by atoms with Crippen molar-refractivity contribution in [3.8, 4) is 11.5 Å². The summed E-state index contributed by atoms with van der Waals surface area (Å²) < 4.78 is 11.4. The highest BCUT2D eigenvalue weighted by Crippen LogP contribution is 2.37. The van der Waals surface area contributed by atoms with Crippen LogP contribution in [0.3, 0.4) is 0 Å². The van der Waals surface area contributed by atoms with Crippen LogP contribution in [0.15, 0.2) is 60.7 Å². The van der Waals surface area contributed by atoms with Crippen LogP contribution in [-0.2, 0) is 13.2 Å². The third-order valence-corrected chi connectivity index (χ3v) is 4.71. The quantitative estimate of drug-likeness (QED) is 0.489. The summed E-state index contributed by atoms with van der Waals surface area (Å²) in [5.74, 6) is 1.13. The van der Waals surface area contributed by atoms with Crippen molar-refractivity contribution in [2.75, 3.05) is 12.4 Å². The summed E-state index contributed by atoms with van der Waals surface area (Å²) in [6.07, 6.45) is 0. The maximum Gasteiger partial charge on any atom is 0.180 e. The Balaban J connectivity index is 1.73. The molecule has 5 heteroatoms. The van der Waals surface area contributed by atoms with Crippen LogP contribution in [0.2, 0.25) is 10.0 Å². The maximum absolute atomic E-state index is 6.46.